The molecule has 1 aliphatic rings. The van der Waals surface area contributed by atoms with Crippen LogP contribution in [-0.4, -0.2) is 0 Å². The van der Waals surface area contributed by atoms with Crippen molar-refractivity contribution < 1.29 is 0 Å². The molecule has 0 atom stereocenters. The van der Waals surface area contributed by atoms with E-state index >= 15 is 0 Å². The number of halogens is 1. The van der Waals surface area contributed by atoms with Crippen molar-refractivity contribution in [2.24, 2.45) is 11.8 Å². The second-order valence-corrected chi connectivity index (χ2v) is 8.47. The molecule has 0 N–H and O–H groups in total. The molecule has 0 amide bonds. The maximum Gasteiger partial charge on any atom is 0.0130 e. The van der Waals surface area contributed by atoms with Crippen molar-refractivity contribution in [3.63, 3.8) is 0 Å². The van der Waals surface area contributed by atoms with Crippen LogP contribution >= 0.6 is 22.6 Å². The Balaban J connectivity index is 1.85. The lowest BCUT2D eigenvalue weighted by Gasteiger charge is -2.31. The van der Waals surface area contributed by atoms with Crippen LogP contribution in [0.5, 0.6) is 0 Å². The van der Waals surface area contributed by atoms with Gasteiger partial charge in [0.15, 0.2) is 0 Å². The van der Waals surface area contributed by atoms with E-state index in [1.807, 2.05) is 0 Å². The standard InChI is InChI=1S/C19H29I/c1-4-15-5-7-16(8-6-15)13-14-19(2,3)17-9-11-18(20)12-10-17/h9-12,15-16H,4-8,13-14H2,1-3H3. The number of hydrogen-bond donors (Lipinski definition) is 0. The van der Waals surface area contributed by atoms with Gasteiger partial charge in [0.05, 0.1) is 0 Å². The fraction of sp³-hybridized carbons (Fsp3) is 0.684. The Morgan fingerprint density at radius 2 is 1.55 bits per heavy atom. The zero-order valence-corrected chi connectivity index (χ0v) is 15.4. The van der Waals surface area contributed by atoms with Gasteiger partial charge >= 0.3 is 0 Å². The van der Waals surface area contributed by atoms with Gasteiger partial charge in [-0.1, -0.05) is 65.0 Å². The molecular formula is C19H29I. The topological polar surface area (TPSA) is 0 Å². The first-order valence-electron chi connectivity index (χ1n) is 8.27. The van der Waals surface area contributed by atoms with E-state index in [4.69, 9.17) is 0 Å². The highest BCUT2D eigenvalue weighted by Gasteiger charge is 2.25. The van der Waals surface area contributed by atoms with E-state index in [0.717, 1.165) is 11.8 Å². The summed E-state index contributed by atoms with van der Waals surface area (Å²) in [6.07, 6.45) is 10.0. The first-order valence-corrected chi connectivity index (χ1v) is 9.35. The molecule has 2 rings (SSSR count). The summed E-state index contributed by atoms with van der Waals surface area (Å²) in [6, 6.07) is 9.11. The Labute approximate surface area is 138 Å². The van der Waals surface area contributed by atoms with Gasteiger partial charge in [-0.25, -0.2) is 0 Å². The molecule has 0 aliphatic heterocycles. The quantitative estimate of drug-likeness (QED) is 0.504. The molecule has 20 heavy (non-hydrogen) atoms. The highest BCUT2D eigenvalue weighted by Crippen LogP contribution is 2.37. The molecule has 1 heteroatoms. The van der Waals surface area contributed by atoms with Gasteiger partial charge in [-0.15, -0.1) is 0 Å². The molecule has 0 saturated heterocycles. The van der Waals surface area contributed by atoms with E-state index in [2.05, 4.69) is 67.6 Å². The summed E-state index contributed by atoms with van der Waals surface area (Å²) < 4.78 is 1.33. The Kier molecular flexibility index (Phi) is 5.95. The predicted octanol–water partition coefficient (Wildman–Crippen LogP) is 6.57. The molecular weight excluding hydrogens is 355 g/mol. The molecule has 1 fully saturated rings. The van der Waals surface area contributed by atoms with Gasteiger partial charge in [0.25, 0.3) is 0 Å². The van der Waals surface area contributed by atoms with Crippen LogP contribution in [0.15, 0.2) is 24.3 Å². The monoisotopic (exact) mass is 384 g/mol. The first-order chi connectivity index (χ1) is 9.51. The van der Waals surface area contributed by atoms with Crippen LogP contribution in [-0.2, 0) is 5.41 Å². The molecule has 0 heterocycles. The Morgan fingerprint density at radius 1 is 1.00 bits per heavy atom. The Hall–Kier alpha value is -0.0500. The highest BCUT2D eigenvalue weighted by molar-refractivity contribution is 14.1. The molecule has 1 aromatic rings. The van der Waals surface area contributed by atoms with Gasteiger partial charge < -0.3 is 0 Å². The van der Waals surface area contributed by atoms with E-state index in [1.54, 1.807) is 0 Å². The molecule has 0 nitrogen and oxygen atoms in total. The summed E-state index contributed by atoms with van der Waals surface area (Å²) in [5, 5.41) is 0. The smallest absolute Gasteiger partial charge is 0.0130 e. The second-order valence-electron chi connectivity index (χ2n) is 7.22. The summed E-state index contributed by atoms with van der Waals surface area (Å²) in [7, 11) is 0. The van der Waals surface area contributed by atoms with Gasteiger partial charge in [0.2, 0.25) is 0 Å². The summed E-state index contributed by atoms with van der Waals surface area (Å²) in [6.45, 7) is 7.17. The second kappa shape index (κ2) is 7.29. The lowest BCUT2D eigenvalue weighted by Crippen LogP contribution is -2.21. The number of hydrogen-bond acceptors (Lipinski definition) is 0. The lowest BCUT2D eigenvalue weighted by molar-refractivity contribution is 0.242. The minimum Gasteiger partial charge on any atom is -0.0651 e. The van der Waals surface area contributed by atoms with Crippen molar-refractivity contribution in [1.82, 2.24) is 0 Å². The third-order valence-corrected chi connectivity index (χ3v) is 6.07. The van der Waals surface area contributed by atoms with Crippen LogP contribution in [0.25, 0.3) is 0 Å². The summed E-state index contributed by atoms with van der Waals surface area (Å²) in [4.78, 5) is 0. The maximum atomic E-state index is 2.41. The Bertz CT molecular complexity index is 396. The molecule has 0 bridgehead atoms. The molecule has 1 saturated carbocycles. The van der Waals surface area contributed by atoms with Crippen LogP contribution < -0.4 is 0 Å². The minimum absolute atomic E-state index is 0.325. The van der Waals surface area contributed by atoms with E-state index in [1.165, 1.54) is 54.1 Å². The van der Waals surface area contributed by atoms with Crippen LogP contribution in [0.2, 0.25) is 0 Å². The van der Waals surface area contributed by atoms with Gasteiger partial charge in [-0.2, -0.15) is 0 Å². The third-order valence-electron chi connectivity index (χ3n) is 5.35. The van der Waals surface area contributed by atoms with Crippen molar-refractivity contribution in [1.29, 1.82) is 0 Å². The van der Waals surface area contributed by atoms with Crippen molar-refractivity contribution in [3.8, 4) is 0 Å². The minimum atomic E-state index is 0.325. The summed E-state index contributed by atoms with van der Waals surface area (Å²) in [5.74, 6) is 2.01. The average molecular weight is 384 g/mol. The molecule has 0 unspecified atom stereocenters. The van der Waals surface area contributed by atoms with Gasteiger partial charge in [0.1, 0.15) is 0 Å². The third kappa shape index (κ3) is 4.47. The first kappa shape index (κ1) is 16.3. The van der Waals surface area contributed by atoms with E-state index in [0.29, 0.717) is 5.41 Å². The van der Waals surface area contributed by atoms with Crippen LogP contribution in [0.3, 0.4) is 0 Å². The molecule has 0 radical (unpaired) electrons. The average Bonchev–Trinajstić information content (AvgIpc) is 2.46. The molecule has 0 spiro atoms. The van der Waals surface area contributed by atoms with Crippen LogP contribution in [0.4, 0.5) is 0 Å². The highest BCUT2D eigenvalue weighted by atomic mass is 127. The lowest BCUT2D eigenvalue weighted by atomic mass is 9.74. The zero-order valence-electron chi connectivity index (χ0n) is 13.3. The molecule has 1 aromatic carbocycles. The summed E-state index contributed by atoms with van der Waals surface area (Å²) >= 11 is 2.39. The zero-order chi connectivity index (χ0) is 14.6. The van der Waals surface area contributed by atoms with Gasteiger partial charge in [-0.3, -0.25) is 0 Å². The van der Waals surface area contributed by atoms with Gasteiger partial charge in [-0.05, 0) is 70.4 Å². The van der Waals surface area contributed by atoms with E-state index in [9.17, 15) is 0 Å². The largest absolute Gasteiger partial charge is 0.0651 e. The fourth-order valence-corrected chi connectivity index (χ4v) is 3.90. The van der Waals surface area contributed by atoms with Gasteiger partial charge in [0, 0.05) is 3.57 Å². The van der Waals surface area contributed by atoms with E-state index < -0.39 is 0 Å². The molecule has 1 aliphatic carbocycles. The number of rotatable bonds is 5. The molecule has 112 valence electrons. The normalized spacial score (nSPS) is 23.8. The molecule has 0 aromatic heterocycles. The van der Waals surface area contributed by atoms with Crippen molar-refractivity contribution in [3.05, 3.63) is 33.4 Å². The van der Waals surface area contributed by atoms with Crippen LogP contribution in [0, 0.1) is 15.4 Å². The fourth-order valence-electron chi connectivity index (χ4n) is 3.54. The van der Waals surface area contributed by atoms with Crippen molar-refractivity contribution >= 4 is 22.6 Å². The maximum absolute atomic E-state index is 2.41. The van der Waals surface area contributed by atoms with Crippen LogP contribution in [0.1, 0.15) is 71.3 Å². The Morgan fingerprint density at radius 3 is 2.10 bits per heavy atom. The summed E-state index contributed by atoms with van der Waals surface area (Å²) in [5.41, 5.74) is 1.83. The van der Waals surface area contributed by atoms with E-state index in [-0.39, 0.29) is 0 Å². The number of benzene rings is 1. The van der Waals surface area contributed by atoms with Crippen molar-refractivity contribution in [2.75, 3.05) is 0 Å². The SMILES string of the molecule is CCC1CCC(CCC(C)(C)c2ccc(I)cc2)CC1. The van der Waals surface area contributed by atoms with Crippen molar-refractivity contribution in [2.45, 2.75) is 71.1 Å². The predicted molar refractivity (Wildman–Crippen MR) is 97.2 cm³/mol.